The van der Waals surface area contributed by atoms with Crippen molar-refractivity contribution >= 4 is 40.2 Å². The fourth-order valence-electron chi connectivity index (χ4n) is 5.91. The van der Waals surface area contributed by atoms with Gasteiger partial charge in [-0.15, -0.1) is 0 Å². The number of aromatic amines is 1. The minimum absolute atomic E-state index is 0.0617. The van der Waals surface area contributed by atoms with Gasteiger partial charge in [0.15, 0.2) is 5.82 Å². The quantitative estimate of drug-likeness (QED) is 0.0911. The molecule has 234 valence electrons. The molecule has 1 saturated heterocycles. The van der Waals surface area contributed by atoms with Crippen LogP contribution >= 0.6 is 23.4 Å². The van der Waals surface area contributed by atoms with Crippen LogP contribution in [0.25, 0.3) is 28.0 Å². The Hall–Kier alpha value is -3.18. The first-order chi connectivity index (χ1) is 21.2. The van der Waals surface area contributed by atoms with Gasteiger partial charge in [0, 0.05) is 41.8 Å². The molecule has 5 rings (SSSR count). The zero-order valence-corrected chi connectivity index (χ0v) is 26.8. The van der Waals surface area contributed by atoms with Crippen LogP contribution in [0.1, 0.15) is 62.6 Å². The number of hydrogen-bond acceptors (Lipinski definition) is 6. The largest absolute Gasteiger partial charge is 0.373 e. The van der Waals surface area contributed by atoms with E-state index in [4.69, 9.17) is 22.7 Å². The van der Waals surface area contributed by atoms with E-state index in [2.05, 4.69) is 32.7 Å². The molecule has 3 atom stereocenters. The molecule has 44 heavy (non-hydrogen) atoms. The second-order valence-corrected chi connectivity index (χ2v) is 13.0. The molecule has 8 nitrogen and oxygen atoms in total. The van der Waals surface area contributed by atoms with Crippen LogP contribution in [0.4, 0.5) is 4.39 Å². The number of piperidine rings is 1. The molecule has 0 aliphatic carbocycles. The third kappa shape index (κ3) is 7.90. The van der Waals surface area contributed by atoms with Gasteiger partial charge in [-0.25, -0.2) is 9.18 Å². The molecular formula is C33H41ClFN7OS. The number of H-pyrrole nitrogens is 1. The Labute approximate surface area is 266 Å². The van der Waals surface area contributed by atoms with Crippen LogP contribution < -0.4 is 22.1 Å². The summed E-state index contributed by atoms with van der Waals surface area (Å²) < 4.78 is 16.6. The smallest absolute Gasteiger partial charge is 0.354 e. The summed E-state index contributed by atoms with van der Waals surface area (Å²) in [5, 5.41) is 15.7. The van der Waals surface area contributed by atoms with Crippen LogP contribution in [0, 0.1) is 11.2 Å². The maximum atomic E-state index is 15.1. The lowest BCUT2D eigenvalue weighted by Gasteiger charge is -2.31. The van der Waals surface area contributed by atoms with Gasteiger partial charge in [0.05, 0.1) is 22.2 Å². The number of nitrogens with two attached hydrogens (primary N) is 1. The molecule has 0 unspecified atom stereocenters. The summed E-state index contributed by atoms with van der Waals surface area (Å²) in [5.74, 6) is 0.777. The van der Waals surface area contributed by atoms with Crippen molar-refractivity contribution in [2.24, 2.45) is 5.73 Å². The predicted octanol–water partition coefficient (Wildman–Crippen LogP) is 6.35. The molecule has 0 spiro atoms. The van der Waals surface area contributed by atoms with Crippen LogP contribution in [-0.4, -0.2) is 51.0 Å². The van der Waals surface area contributed by atoms with E-state index >= 15 is 4.39 Å². The lowest BCUT2D eigenvalue weighted by atomic mass is 9.92. The molecule has 1 aliphatic heterocycles. The summed E-state index contributed by atoms with van der Waals surface area (Å²) in [6, 6.07) is 14.0. The van der Waals surface area contributed by atoms with Gasteiger partial charge < -0.3 is 21.4 Å². The summed E-state index contributed by atoms with van der Waals surface area (Å²) >= 11 is 7.91. The normalized spacial score (nSPS) is 17.6. The van der Waals surface area contributed by atoms with Crippen molar-refractivity contribution < 1.29 is 4.39 Å². The molecule has 0 amide bonds. The van der Waals surface area contributed by atoms with Crippen molar-refractivity contribution in [3.8, 4) is 16.9 Å². The predicted molar refractivity (Wildman–Crippen MR) is 181 cm³/mol. The van der Waals surface area contributed by atoms with E-state index in [1.165, 1.54) is 10.1 Å². The van der Waals surface area contributed by atoms with Crippen molar-refractivity contribution in [1.29, 1.82) is 5.41 Å². The van der Waals surface area contributed by atoms with Crippen LogP contribution in [-0.2, 0) is 6.42 Å². The van der Waals surface area contributed by atoms with Gasteiger partial charge in [-0.2, -0.15) is 16.7 Å². The summed E-state index contributed by atoms with van der Waals surface area (Å²) in [6.45, 7) is 2.76. The van der Waals surface area contributed by atoms with E-state index < -0.39 is 11.5 Å². The average Bonchev–Trinajstić information content (AvgIpc) is 3.41. The minimum atomic E-state index is -0.509. The SMILES string of the molecule is CSCC(=N)NCC[C@@H]1CCC[C@@H](c2ccc(-n3cc4cc(-c5cc(CCC[C@H](C)N)cc(Cl)c5F)[nH]c4nc3=O)cc2)N1. The average molecular weight is 638 g/mol. The number of hydrogen-bond donors (Lipinski definition) is 5. The van der Waals surface area contributed by atoms with Crippen LogP contribution in [0.15, 0.2) is 53.5 Å². The molecule has 0 saturated carbocycles. The number of nitrogens with one attached hydrogen (secondary N) is 4. The van der Waals surface area contributed by atoms with Crippen molar-refractivity contribution in [2.75, 3.05) is 18.6 Å². The van der Waals surface area contributed by atoms with E-state index in [1.807, 2.05) is 25.3 Å². The third-order valence-electron chi connectivity index (χ3n) is 8.19. The molecule has 3 heterocycles. The zero-order chi connectivity index (χ0) is 31.2. The Morgan fingerprint density at radius 1 is 1.27 bits per heavy atom. The maximum absolute atomic E-state index is 15.1. The summed E-state index contributed by atoms with van der Waals surface area (Å²) in [5.41, 5.74) is 9.55. The van der Waals surface area contributed by atoms with Gasteiger partial charge in [-0.05, 0) is 93.2 Å². The fourth-order valence-corrected chi connectivity index (χ4v) is 6.54. The highest BCUT2D eigenvalue weighted by Crippen LogP contribution is 2.32. The molecule has 0 bridgehead atoms. The highest BCUT2D eigenvalue weighted by Gasteiger charge is 2.22. The van der Waals surface area contributed by atoms with E-state index in [0.29, 0.717) is 45.6 Å². The number of fused-ring (bicyclic) bond motifs is 1. The monoisotopic (exact) mass is 637 g/mol. The highest BCUT2D eigenvalue weighted by atomic mass is 35.5. The second kappa shape index (κ2) is 14.7. The summed E-state index contributed by atoms with van der Waals surface area (Å²) in [4.78, 5) is 20.4. The lowest BCUT2D eigenvalue weighted by Crippen LogP contribution is -2.39. The molecule has 4 aromatic rings. The number of benzene rings is 2. The Bertz CT molecular complexity index is 1650. The minimum Gasteiger partial charge on any atom is -0.373 e. The van der Waals surface area contributed by atoms with Crippen molar-refractivity contribution in [1.82, 2.24) is 25.2 Å². The first kappa shape index (κ1) is 32.2. The van der Waals surface area contributed by atoms with Crippen LogP contribution in [0.2, 0.25) is 5.02 Å². The van der Waals surface area contributed by atoms with E-state index in [1.54, 1.807) is 36.2 Å². The molecule has 11 heteroatoms. The molecule has 0 radical (unpaired) electrons. The number of rotatable bonds is 12. The number of aromatic nitrogens is 3. The molecular weight excluding hydrogens is 597 g/mol. The Balaban J connectivity index is 1.31. The van der Waals surface area contributed by atoms with Gasteiger partial charge in [0.1, 0.15) is 11.5 Å². The third-order valence-corrected chi connectivity index (χ3v) is 9.04. The fraction of sp³-hybridized carbons (Fsp3) is 0.424. The van der Waals surface area contributed by atoms with Gasteiger partial charge >= 0.3 is 5.69 Å². The molecule has 6 N–H and O–H groups in total. The molecule has 1 fully saturated rings. The number of aryl methyl sites for hydroxylation is 1. The molecule has 2 aromatic heterocycles. The molecule has 2 aromatic carbocycles. The topological polar surface area (TPSA) is 125 Å². The standard InChI is InChI=1S/C33H41ClFN7OS/c1-20(36)5-3-6-21-15-26(31(35)27(34)16-21)29-17-23-18-42(33(43)41-32(23)40-29)25-11-9-22(10-12-25)28-8-4-7-24(39-28)13-14-38-30(37)19-44-2/h9-12,15-18,20,24,28,39H,3-8,13-14,19,36H2,1-2H3,(H2,37,38)(H,40,41,43)/t20-,24-,28-/m0/s1. The Kier molecular flexibility index (Phi) is 10.8. The van der Waals surface area contributed by atoms with Crippen molar-refractivity contribution in [3.05, 3.63) is 81.1 Å². The summed E-state index contributed by atoms with van der Waals surface area (Å²) in [6.07, 6.45) is 10.5. The second-order valence-electron chi connectivity index (χ2n) is 11.8. The van der Waals surface area contributed by atoms with Gasteiger partial charge in [-0.1, -0.05) is 30.2 Å². The molecule has 1 aliphatic rings. The first-order valence-electron chi connectivity index (χ1n) is 15.2. The first-order valence-corrected chi connectivity index (χ1v) is 17.0. The zero-order valence-electron chi connectivity index (χ0n) is 25.3. The van der Waals surface area contributed by atoms with Gasteiger partial charge in [-0.3, -0.25) is 9.98 Å². The van der Waals surface area contributed by atoms with Crippen molar-refractivity contribution in [2.45, 2.75) is 70.0 Å². The highest BCUT2D eigenvalue weighted by molar-refractivity contribution is 7.99. The van der Waals surface area contributed by atoms with E-state index in [-0.39, 0.29) is 17.1 Å². The van der Waals surface area contributed by atoms with Crippen LogP contribution in [0.3, 0.4) is 0 Å². The lowest BCUT2D eigenvalue weighted by molar-refractivity contribution is 0.312. The number of halogens is 2. The number of nitrogens with zero attached hydrogens (tertiary/aromatic N) is 2. The number of thioether (sulfide) groups is 1. The van der Waals surface area contributed by atoms with Gasteiger partial charge in [0.2, 0.25) is 0 Å². The van der Waals surface area contributed by atoms with Crippen LogP contribution in [0.5, 0.6) is 0 Å². The van der Waals surface area contributed by atoms with Gasteiger partial charge in [0.25, 0.3) is 0 Å². The maximum Gasteiger partial charge on any atom is 0.354 e. The summed E-state index contributed by atoms with van der Waals surface area (Å²) in [7, 11) is 0. The Morgan fingerprint density at radius 2 is 2.07 bits per heavy atom. The van der Waals surface area contributed by atoms with Crippen molar-refractivity contribution in [3.63, 3.8) is 0 Å². The van der Waals surface area contributed by atoms with E-state index in [9.17, 15) is 4.79 Å². The Morgan fingerprint density at radius 3 is 2.82 bits per heavy atom. The van der Waals surface area contributed by atoms with E-state index in [0.717, 1.165) is 57.1 Å². The number of amidine groups is 1.